The standard InChI is InChI=1S/C20H19FN4O2/c1-11(2)17(25-10-12-6-3-4-7-13(12)20(25)27)19(26)22-18-16-14(21)8-5-9-15(16)23-24-18/h3-9,11,17H,10H2,1-2H3,(H2,22,23,24,26)/t17-/m1/s1. The molecule has 2 amide bonds. The Kier molecular flexibility index (Phi) is 4.14. The summed E-state index contributed by atoms with van der Waals surface area (Å²) in [5.74, 6) is -1.02. The van der Waals surface area contributed by atoms with Crippen molar-refractivity contribution in [2.45, 2.75) is 26.4 Å². The summed E-state index contributed by atoms with van der Waals surface area (Å²) in [6.45, 7) is 4.13. The first kappa shape index (κ1) is 17.2. The van der Waals surface area contributed by atoms with Gasteiger partial charge in [-0.25, -0.2) is 4.39 Å². The average Bonchev–Trinajstić information content (AvgIpc) is 3.18. The van der Waals surface area contributed by atoms with Crippen LogP contribution in [-0.2, 0) is 11.3 Å². The highest BCUT2D eigenvalue weighted by Crippen LogP contribution is 2.29. The number of aromatic nitrogens is 2. The third kappa shape index (κ3) is 2.85. The number of anilines is 1. The fraction of sp³-hybridized carbons (Fsp3) is 0.250. The van der Waals surface area contributed by atoms with Gasteiger partial charge in [0.25, 0.3) is 5.91 Å². The number of amides is 2. The van der Waals surface area contributed by atoms with Crippen LogP contribution in [0, 0.1) is 11.7 Å². The molecule has 0 aliphatic carbocycles. The number of nitrogens with one attached hydrogen (secondary N) is 2. The summed E-state index contributed by atoms with van der Waals surface area (Å²) < 4.78 is 14.2. The minimum absolute atomic E-state index is 0.127. The first-order valence-corrected chi connectivity index (χ1v) is 8.79. The summed E-state index contributed by atoms with van der Waals surface area (Å²) in [6.07, 6.45) is 0. The molecule has 1 aromatic heterocycles. The monoisotopic (exact) mass is 366 g/mol. The van der Waals surface area contributed by atoms with Gasteiger partial charge in [0.2, 0.25) is 5.91 Å². The Morgan fingerprint density at radius 2 is 2.00 bits per heavy atom. The highest BCUT2D eigenvalue weighted by atomic mass is 19.1. The molecule has 3 aromatic rings. The summed E-state index contributed by atoms with van der Waals surface area (Å²) in [5.41, 5.74) is 2.01. The summed E-state index contributed by atoms with van der Waals surface area (Å²) in [4.78, 5) is 27.4. The third-order valence-electron chi connectivity index (χ3n) is 4.87. The number of carbonyl (C=O) groups excluding carboxylic acids is 2. The van der Waals surface area contributed by atoms with Crippen LogP contribution in [0.4, 0.5) is 10.2 Å². The normalized spacial score (nSPS) is 14.7. The molecule has 1 aliphatic heterocycles. The van der Waals surface area contributed by atoms with Crippen molar-refractivity contribution in [1.82, 2.24) is 15.1 Å². The van der Waals surface area contributed by atoms with E-state index in [-0.39, 0.29) is 28.9 Å². The van der Waals surface area contributed by atoms with Crippen LogP contribution in [-0.4, -0.2) is 33.0 Å². The number of hydrogen-bond acceptors (Lipinski definition) is 3. The lowest BCUT2D eigenvalue weighted by Crippen LogP contribution is -2.47. The van der Waals surface area contributed by atoms with Gasteiger partial charge < -0.3 is 10.2 Å². The van der Waals surface area contributed by atoms with E-state index in [1.165, 1.54) is 6.07 Å². The van der Waals surface area contributed by atoms with Crippen LogP contribution < -0.4 is 5.32 Å². The lowest BCUT2D eigenvalue weighted by atomic mass is 10.0. The SMILES string of the molecule is CC(C)[C@H](C(=O)Nc1n[nH]c2cccc(F)c12)N1Cc2ccccc2C1=O. The maximum atomic E-state index is 14.2. The van der Waals surface area contributed by atoms with Crippen molar-refractivity contribution < 1.29 is 14.0 Å². The first-order chi connectivity index (χ1) is 13.0. The average molecular weight is 366 g/mol. The van der Waals surface area contributed by atoms with Gasteiger partial charge in [0, 0.05) is 12.1 Å². The maximum Gasteiger partial charge on any atom is 0.255 e. The second-order valence-electron chi connectivity index (χ2n) is 7.00. The molecule has 0 saturated heterocycles. The summed E-state index contributed by atoms with van der Waals surface area (Å²) in [6, 6.07) is 11.2. The summed E-state index contributed by atoms with van der Waals surface area (Å²) >= 11 is 0. The fourth-order valence-electron chi connectivity index (χ4n) is 3.62. The molecule has 0 fully saturated rings. The first-order valence-electron chi connectivity index (χ1n) is 8.79. The maximum absolute atomic E-state index is 14.2. The van der Waals surface area contributed by atoms with E-state index < -0.39 is 11.9 Å². The van der Waals surface area contributed by atoms with E-state index in [1.54, 1.807) is 23.1 Å². The van der Waals surface area contributed by atoms with Gasteiger partial charge in [-0.3, -0.25) is 14.7 Å². The van der Waals surface area contributed by atoms with E-state index in [0.29, 0.717) is 17.6 Å². The van der Waals surface area contributed by atoms with Gasteiger partial charge in [-0.05, 0) is 29.7 Å². The van der Waals surface area contributed by atoms with E-state index >= 15 is 0 Å². The molecule has 7 heteroatoms. The predicted octanol–water partition coefficient (Wildman–Crippen LogP) is 3.32. The molecule has 0 spiro atoms. The molecule has 2 aromatic carbocycles. The lowest BCUT2D eigenvalue weighted by molar-refractivity contribution is -0.122. The van der Waals surface area contributed by atoms with Crippen molar-refractivity contribution in [3.8, 4) is 0 Å². The van der Waals surface area contributed by atoms with Crippen LogP contribution in [0.5, 0.6) is 0 Å². The van der Waals surface area contributed by atoms with Gasteiger partial charge in [0.1, 0.15) is 11.9 Å². The number of carbonyl (C=O) groups is 2. The van der Waals surface area contributed by atoms with Crippen molar-refractivity contribution >= 4 is 28.5 Å². The zero-order valence-corrected chi connectivity index (χ0v) is 15.0. The lowest BCUT2D eigenvalue weighted by Gasteiger charge is -2.29. The topological polar surface area (TPSA) is 78.1 Å². The van der Waals surface area contributed by atoms with E-state index in [2.05, 4.69) is 15.5 Å². The molecule has 0 radical (unpaired) electrons. The Labute approximate surface area is 155 Å². The van der Waals surface area contributed by atoms with E-state index in [9.17, 15) is 14.0 Å². The minimum atomic E-state index is -0.691. The van der Waals surface area contributed by atoms with Gasteiger partial charge >= 0.3 is 0 Å². The third-order valence-corrected chi connectivity index (χ3v) is 4.87. The van der Waals surface area contributed by atoms with Crippen LogP contribution in [0.15, 0.2) is 42.5 Å². The smallest absolute Gasteiger partial charge is 0.255 e. The fourth-order valence-corrected chi connectivity index (χ4v) is 3.62. The van der Waals surface area contributed by atoms with Crippen molar-refractivity contribution in [3.05, 3.63) is 59.4 Å². The Hall–Kier alpha value is -3.22. The molecule has 0 bridgehead atoms. The van der Waals surface area contributed by atoms with Crippen molar-refractivity contribution in [2.75, 3.05) is 5.32 Å². The van der Waals surface area contributed by atoms with E-state index in [1.807, 2.05) is 32.0 Å². The zero-order chi connectivity index (χ0) is 19.1. The molecule has 1 atom stereocenters. The van der Waals surface area contributed by atoms with Crippen molar-refractivity contribution in [1.29, 1.82) is 0 Å². The van der Waals surface area contributed by atoms with Crippen molar-refractivity contribution in [2.24, 2.45) is 5.92 Å². The van der Waals surface area contributed by atoms with Crippen LogP contribution in [0.2, 0.25) is 0 Å². The second kappa shape index (κ2) is 6.50. The van der Waals surface area contributed by atoms with Crippen LogP contribution in [0.25, 0.3) is 10.9 Å². The molecular weight excluding hydrogens is 347 g/mol. The molecule has 0 saturated carbocycles. The molecule has 0 unspecified atom stereocenters. The summed E-state index contributed by atoms with van der Waals surface area (Å²) in [5, 5.41) is 9.65. The predicted molar refractivity (Wildman–Crippen MR) is 99.6 cm³/mol. The number of benzene rings is 2. The van der Waals surface area contributed by atoms with Gasteiger partial charge in [0.05, 0.1) is 10.9 Å². The van der Waals surface area contributed by atoms with Gasteiger partial charge in [-0.1, -0.05) is 38.1 Å². The molecular formula is C20H19FN4O2. The number of aromatic amines is 1. The molecule has 2 N–H and O–H groups in total. The highest BCUT2D eigenvalue weighted by molar-refractivity contribution is 6.06. The summed E-state index contributed by atoms with van der Waals surface area (Å²) in [7, 11) is 0. The number of fused-ring (bicyclic) bond motifs is 2. The molecule has 1 aliphatic rings. The molecule has 4 rings (SSSR count). The van der Waals surface area contributed by atoms with Gasteiger partial charge in [-0.2, -0.15) is 5.10 Å². The molecule has 138 valence electrons. The number of nitrogens with zero attached hydrogens (tertiary/aromatic N) is 2. The van der Waals surface area contributed by atoms with E-state index in [4.69, 9.17) is 0 Å². The molecule has 6 nitrogen and oxygen atoms in total. The Morgan fingerprint density at radius 1 is 1.22 bits per heavy atom. The Morgan fingerprint density at radius 3 is 2.74 bits per heavy atom. The Balaban J connectivity index is 1.63. The van der Waals surface area contributed by atoms with E-state index in [0.717, 1.165) is 5.56 Å². The molecule has 2 heterocycles. The van der Waals surface area contributed by atoms with Crippen LogP contribution in [0.1, 0.15) is 29.8 Å². The number of rotatable bonds is 4. The second-order valence-corrected chi connectivity index (χ2v) is 7.00. The number of hydrogen-bond donors (Lipinski definition) is 2. The van der Waals surface area contributed by atoms with Crippen LogP contribution >= 0.6 is 0 Å². The Bertz CT molecular complexity index is 1040. The highest BCUT2D eigenvalue weighted by Gasteiger charge is 2.38. The molecule has 27 heavy (non-hydrogen) atoms. The quantitative estimate of drug-likeness (QED) is 0.743. The number of H-pyrrole nitrogens is 1. The van der Waals surface area contributed by atoms with Gasteiger partial charge in [0.15, 0.2) is 5.82 Å². The minimum Gasteiger partial charge on any atom is -0.322 e. The van der Waals surface area contributed by atoms with Gasteiger partial charge in [-0.15, -0.1) is 0 Å². The van der Waals surface area contributed by atoms with Crippen LogP contribution in [0.3, 0.4) is 0 Å². The van der Waals surface area contributed by atoms with Crippen molar-refractivity contribution in [3.63, 3.8) is 0 Å². The zero-order valence-electron chi connectivity index (χ0n) is 15.0. The largest absolute Gasteiger partial charge is 0.322 e. The number of halogens is 1.